The number of rotatable bonds is 6. The van der Waals surface area contributed by atoms with Gasteiger partial charge < -0.3 is 15.4 Å². The third-order valence-corrected chi connectivity index (χ3v) is 2.88. The molecule has 0 fully saturated rings. The summed E-state index contributed by atoms with van der Waals surface area (Å²) in [5, 5.41) is 0. The Morgan fingerprint density at radius 1 is 1.32 bits per heavy atom. The predicted octanol–water partition coefficient (Wildman–Crippen LogP) is 1.82. The van der Waals surface area contributed by atoms with Gasteiger partial charge in [0.1, 0.15) is 5.75 Å². The van der Waals surface area contributed by atoms with Crippen molar-refractivity contribution in [3.05, 3.63) is 29.3 Å². The highest BCUT2D eigenvalue weighted by Crippen LogP contribution is 2.16. The largest absolute Gasteiger partial charge is 0.484 e. The molecule has 0 aromatic heterocycles. The summed E-state index contributed by atoms with van der Waals surface area (Å²) < 4.78 is 5.50. The molecule has 0 bridgehead atoms. The van der Waals surface area contributed by atoms with Crippen LogP contribution in [0.15, 0.2) is 18.2 Å². The molecule has 19 heavy (non-hydrogen) atoms. The van der Waals surface area contributed by atoms with Gasteiger partial charge in [0.05, 0.1) is 4.99 Å². The second-order valence-electron chi connectivity index (χ2n) is 4.64. The maximum Gasteiger partial charge on any atom is 0.260 e. The van der Waals surface area contributed by atoms with Crippen molar-refractivity contribution in [1.82, 2.24) is 4.90 Å². The Hall–Kier alpha value is -1.62. The number of nitrogens with two attached hydrogens (primary N) is 1. The van der Waals surface area contributed by atoms with E-state index in [1.807, 2.05) is 26.0 Å². The minimum atomic E-state index is -0.0876. The monoisotopic (exact) mass is 280 g/mol. The first-order valence-corrected chi connectivity index (χ1v) is 6.52. The van der Waals surface area contributed by atoms with Gasteiger partial charge in [-0.3, -0.25) is 4.79 Å². The summed E-state index contributed by atoms with van der Waals surface area (Å²) in [6, 6.07) is 5.88. The number of benzene rings is 1. The number of nitrogens with zero attached hydrogens (tertiary/aromatic N) is 1. The zero-order valence-corrected chi connectivity index (χ0v) is 12.4. The van der Waals surface area contributed by atoms with E-state index in [-0.39, 0.29) is 12.5 Å². The maximum absolute atomic E-state index is 11.8. The first-order chi connectivity index (χ1) is 8.88. The topological polar surface area (TPSA) is 55.6 Å². The van der Waals surface area contributed by atoms with Gasteiger partial charge in [0.2, 0.25) is 0 Å². The van der Waals surface area contributed by atoms with Crippen LogP contribution >= 0.6 is 12.2 Å². The molecule has 2 N–H and O–H groups in total. The fraction of sp³-hybridized carbons (Fsp3) is 0.429. The SMILES string of the molecule is Cc1cc(C)cc(OCC(=O)N(C)CCC(N)=S)c1. The molecular formula is C14H20N2O2S. The summed E-state index contributed by atoms with van der Waals surface area (Å²) in [6.07, 6.45) is 0.529. The quantitative estimate of drug-likeness (QED) is 0.808. The summed E-state index contributed by atoms with van der Waals surface area (Å²) in [7, 11) is 1.71. The molecule has 0 radical (unpaired) electrons. The highest BCUT2D eigenvalue weighted by atomic mass is 32.1. The summed E-state index contributed by atoms with van der Waals surface area (Å²) in [6.45, 7) is 4.53. The van der Waals surface area contributed by atoms with Gasteiger partial charge in [-0.15, -0.1) is 0 Å². The molecular weight excluding hydrogens is 260 g/mol. The molecule has 0 aliphatic heterocycles. The van der Waals surface area contributed by atoms with Crippen LogP contribution in [0.25, 0.3) is 0 Å². The van der Waals surface area contributed by atoms with E-state index in [0.29, 0.717) is 23.7 Å². The molecule has 104 valence electrons. The van der Waals surface area contributed by atoms with Crippen molar-refractivity contribution in [3.63, 3.8) is 0 Å². The van der Waals surface area contributed by atoms with Crippen LogP contribution in [-0.2, 0) is 4.79 Å². The number of hydrogen-bond acceptors (Lipinski definition) is 3. The maximum atomic E-state index is 11.8. The molecule has 0 saturated heterocycles. The summed E-state index contributed by atoms with van der Waals surface area (Å²) in [5.74, 6) is 0.629. The molecule has 4 nitrogen and oxygen atoms in total. The van der Waals surface area contributed by atoms with Gasteiger partial charge in [0.15, 0.2) is 6.61 Å². The number of likely N-dealkylation sites (N-methyl/N-ethyl adjacent to an activating group) is 1. The van der Waals surface area contributed by atoms with Crippen molar-refractivity contribution < 1.29 is 9.53 Å². The van der Waals surface area contributed by atoms with E-state index in [9.17, 15) is 4.79 Å². The highest BCUT2D eigenvalue weighted by Gasteiger charge is 2.10. The number of ether oxygens (including phenoxy) is 1. The lowest BCUT2D eigenvalue weighted by Gasteiger charge is -2.17. The van der Waals surface area contributed by atoms with Gasteiger partial charge in [-0.1, -0.05) is 18.3 Å². The fourth-order valence-electron chi connectivity index (χ4n) is 1.67. The van der Waals surface area contributed by atoms with Crippen LogP contribution in [0.3, 0.4) is 0 Å². The van der Waals surface area contributed by atoms with Gasteiger partial charge >= 0.3 is 0 Å². The van der Waals surface area contributed by atoms with Crippen molar-refractivity contribution in [1.29, 1.82) is 0 Å². The molecule has 1 rings (SSSR count). The second-order valence-corrected chi connectivity index (χ2v) is 5.17. The number of carbonyl (C=O) groups excluding carboxylic acids is 1. The van der Waals surface area contributed by atoms with Crippen LogP contribution in [0.2, 0.25) is 0 Å². The smallest absolute Gasteiger partial charge is 0.260 e. The van der Waals surface area contributed by atoms with Crippen molar-refractivity contribution in [2.75, 3.05) is 20.2 Å². The number of aryl methyl sites for hydroxylation is 2. The van der Waals surface area contributed by atoms with Crippen molar-refractivity contribution in [2.24, 2.45) is 5.73 Å². The Kier molecular flexibility index (Phi) is 5.76. The Bertz CT molecular complexity index is 454. The van der Waals surface area contributed by atoms with Gasteiger partial charge in [0.25, 0.3) is 5.91 Å². The van der Waals surface area contributed by atoms with E-state index in [2.05, 4.69) is 6.07 Å². The Morgan fingerprint density at radius 3 is 2.42 bits per heavy atom. The molecule has 1 amide bonds. The van der Waals surface area contributed by atoms with Crippen molar-refractivity contribution >= 4 is 23.1 Å². The number of thiocarbonyl (C=S) groups is 1. The average molecular weight is 280 g/mol. The Labute approximate surface area is 119 Å². The summed E-state index contributed by atoms with van der Waals surface area (Å²) >= 11 is 4.78. The molecule has 1 aromatic rings. The summed E-state index contributed by atoms with van der Waals surface area (Å²) in [5.41, 5.74) is 7.63. The highest BCUT2D eigenvalue weighted by molar-refractivity contribution is 7.80. The van der Waals surface area contributed by atoms with E-state index >= 15 is 0 Å². The average Bonchev–Trinajstić information content (AvgIpc) is 2.31. The minimum Gasteiger partial charge on any atom is -0.484 e. The number of amides is 1. The molecule has 5 heteroatoms. The van der Waals surface area contributed by atoms with Gasteiger partial charge in [-0.05, 0) is 37.1 Å². The minimum absolute atomic E-state index is 0.0245. The lowest BCUT2D eigenvalue weighted by molar-refractivity contribution is -0.131. The Morgan fingerprint density at radius 2 is 1.89 bits per heavy atom. The first-order valence-electron chi connectivity index (χ1n) is 6.12. The van der Waals surface area contributed by atoms with Gasteiger partial charge in [0, 0.05) is 20.0 Å². The van der Waals surface area contributed by atoms with E-state index in [4.69, 9.17) is 22.7 Å². The molecule has 1 aromatic carbocycles. The lowest BCUT2D eigenvalue weighted by Crippen LogP contribution is -2.33. The van der Waals surface area contributed by atoms with Gasteiger partial charge in [-0.2, -0.15) is 0 Å². The third kappa shape index (κ3) is 5.70. The molecule has 0 saturated carbocycles. The Balaban J connectivity index is 2.47. The van der Waals surface area contributed by atoms with Crippen molar-refractivity contribution in [3.8, 4) is 5.75 Å². The predicted molar refractivity (Wildman–Crippen MR) is 80.5 cm³/mol. The van der Waals surface area contributed by atoms with Crippen LogP contribution in [0.5, 0.6) is 5.75 Å². The summed E-state index contributed by atoms with van der Waals surface area (Å²) in [4.78, 5) is 13.8. The second kappa shape index (κ2) is 7.09. The number of carbonyl (C=O) groups is 1. The van der Waals surface area contributed by atoms with Gasteiger partial charge in [-0.25, -0.2) is 0 Å². The standard InChI is InChI=1S/C14H20N2O2S/c1-10-6-11(2)8-12(7-10)18-9-14(17)16(3)5-4-13(15)19/h6-8H,4-5,9H2,1-3H3,(H2,15,19). The molecule has 0 atom stereocenters. The van der Waals surface area contributed by atoms with E-state index in [0.717, 1.165) is 11.1 Å². The number of hydrogen-bond donors (Lipinski definition) is 1. The van der Waals surface area contributed by atoms with Crippen LogP contribution in [-0.4, -0.2) is 36.0 Å². The molecule has 0 heterocycles. The van der Waals surface area contributed by atoms with E-state index in [1.54, 1.807) is 11.9 Å². The first kappa shape index (κ1) is 15.4. The fourth-order valence-corrected chi connectivity index (χ4v) is 1.77. The van der Waals surface area contributed by atoms with Crippen LogP contribution < -0.4 is 10.5 Å². The third-order valence-electron chi connectivity index (χ3n) is 2.68. The van der Waals surface area contributed by atoms with Crippen LogP contribution in [0.4, 0.5) is 0 Å². The zero-order valence-electron chi connectivity index (χ0n) is 11.6. The van der Waals surface area contributed by atoms with Crippen molar-refractivity contribution in [2.45, 2.75) is 20.3 Å². The normalized spacial score (nSPS) is 10.1. The zero-order chi connectivity index (χ0) is 14.4. The van der Waals surface area contributed by atoms with Crippen LogP contribution in [0.1, 0.15) is 17.5 Å². The molecule has 0 unspecified atom stereocenters. The molecule has 0 spiro atoms. The lowest BCUT2D eigenvalue weighted by atomic mass is 10.1. The van der Waals surface area contributed by atoms with E-state index < -0.39 is 0 Å². The van der Waals surface area contributed by atoms with Crippen LogP contribution in [0, 0.1) is 13.8 Å². The van der Waals surface area contributed by atoms with E-state index in [1.165, 1.54) is 0 Å². The molecule has 0 aliphatic carbocycles. The molecule has 0 aliphatic rings.